The van der Waals surface area contributed by atoms with Crippen molar-refractivity contribution in [3.8, 4) is 0 Å². The highest BCUT2D eigenvalue weighted by molar-refractivity contribution is 5.92. The topological polar surface area (TPSA) is 62.5 Å². The maximum absolute atomic E-state index is 12.7. The Hall–Kier alpha value is -2.47. The molecule has 3 aromatic rings. The summed E-state index contributed by atoms with van der Waals surface area (Å²) in [6, 6.07) is 8.43. The lowest BCUT2D eigenvalue weighted by Gasteiger charge is -2.31. The summed E-state index contributed by atoms with van der Waals surface area (Å²) in [4.78, 5) is 19.5. The predicted molar refractivity (Wildman–Crippen MR) is 107 cm³/mol. The lowest BCUT2D eigenvalue weighted by molar-refractivity contribution is -0.132. The maximum Gasteiger partial charge on any atom is 0.222 e. The molecule has 0 saturated carbocycles. The largest absolute Gasteiger partial charge is 0.343 e. The van der Waals surface area contributed by atoms with Crippen molar-refractivity contribution in [2.75, 3.05) is 20.1 Å². The van der Waals surface area contributed by atoms with E-state index in [1.54, 1.807) is 0 Å². The van der Waals surface area contributed by atoms with E-state index in [4.69, 9.17) is 10.1 Å². The van der Waals surface area contributed by atoms with E-state index in [0.29, 0.717) is 18.9 Å². The molecule has 1 aliphatic rings. The summed E-state index contributed by atoms with van der Waals surface area (Å²) in [7, 11) is 1.94. The van der Waals surface area contributed by atoms with Crippen LogP contribution in [0.25, 0.3) is 16.6 Å². The van der Waals surface area contributed by atoms with Gasteiger partial charge in [-0.05, 0) is 63.9 Å². The average molecular weight is 365 g/mol. The van der Waals surface area contributed by atoms with E-state index in [9.17, 15) is 4.79 Å². The number of carbonyl (C=O) groups excluding carboxylic acids is 1. The number of hydrogen-bond acceptors (Lipinski definition) is 4. The molecule has 142 valence electrons. The molecule has 1 fully saturated rings. The first-order valence-electron chi connectivity index (χ1n) is 9.76. The van der Waals surface area contributed by atoms with Gasteiger partial charge in [-0.1, -0.05) is 12.1 Å². The van der Waals surface area contributed by atoms with Gasteiger partial charge in [0.25, 0.3) is 0 Å². The number of carbonyl (C=O) groups is 1. The Bertz CT molecular complexity index is 987. The number of rotatable bonds is 4. The Morgan fingerprint density at radius 1 is 1.26 bits per heavy atom. The fourth-order valence-electron chi connectivity index (χ4n) is 4.14. The molecule has 4 rings (SSSR count). The highest BCUT2D eigenvalue weighted by atomic mass is 16.2. The van der Waals surface area contributed by atoms with Crippen molar-refractivity contribution >= 4 is 22.5 Å². The molecule has 0 spiro atoms. The summed E-state index contributed by atoms with van der Waals surface area (Å²) < 4.78 is 1.92. The molecule has 3 heterocycles. The molecule has 0 aliphatic carbocycles. The van der Waals surface area contributed by atoms with Crippen LogP contribution in [0.3, 0.4) is 0 Å². The van der Waals surface area contributed by atoms with E-state index < -0.39 is 0 Å². The summed E-state index contributed by atoms with van der Waals surface area (Å²) in [6.07, 6.45) is 3.28. The monoisotopic (exact) mass is 365 g/mol. The van der Waals surface area contributed by atoms with Gasteiger partial charge in [0.1, 0.15) is 0 Å². The zero-order chi connectivity index (χ0) is 19.0. The molecule has 6 nitrogen and oxygen atoms in total. The fourth-order valence-corrected chi connectivity index (χ4v) is 4.14. The summed E-state index contributed by atoms with van der Waals surface area (Å²) in [5.74, 6) is 0.214. The Kier molecular flexibility index (Phi) is 4.83. The highest BCUT2D eigenvalue weighted by Gasteiger charge is 2.22. The molecular weight excluding hydrogens is 338 g/mol. The number of nitrogens with zero attached hydrogens (tertiary/aromatic N) is 4. The molecule has 27 heavy (non-hydrogen) atoms. The summed E-state index contributed by atoms with van der Waals surface area (Å²) in [5.41, 5.74) is 5.03. The number of aromatic nitrogens is 3. The quantitative estimate of drug-likeness (QED) is 0.772. The van der Waals surface area contributed by atoms with Crippen LogP contribution >= 0.6 is 0 Å². The Labute approximate surface area is 159 Å². The second-order valence-corrected chi connectivity index (χ2v) is 7.50. The first-order chi connectivity index (χ1) is 13.1. The van der Waals surface area contributed by atoms with Gasteiger partial charge in [0.2, 0.25) is 5.91 Å². The molecule has 1 amide bonds. The van der Waals surface area contributed by atoms with Crippen LogP contribution in [-0.4, -0.2) is 51.6 Å². The minimum absolute atomic E-state index is 0.214. The summed E-state index contributed by atoms with van der Waals surface area (Å²) >= 11 is 0. The van der Waals surface area contributed by atoms with Gasteiger partial charge in [-0.3, -0.25) is 4.79 Å². The lowest BCUT2D eigenvalue weighted by Crippen LogP contribution is -2.44. The van der Waals surface area contributed by atoms with Gasteiger partial charge in [-0.15, -0.1) is 0 Å². The third-order valence-electron chi connectivity index (χ3n) is 5.86. The minimum atomic E-state index is 0.214. The van der Waals surface area contributed by atoms with Crippen molar-refractivity contribution in [3.05, 3.63) is 41.2 Å². The predicted octanol–water partition coefficient (Wildman–Crippen LogP) is 2.64. The number of amides is 1. The molecule has 1 aromatic carbocycles. The molecule has 2 aromatic heterocycles. The second kappa shape index (κ2) is 7.27. The molecule has 1 saturated heterocycles. The summed E-state index contributed by atoms with van der Waals surface area (Å²) in [6.45, 7) is 6.09. The normalized spacial score (nSPS) is 15.5. The van der Waals surface area contributed by atoms with E-state index >= 15 is 0 Å². The first kappa shape index (κ1) is 17.9. The van der Waals surface area contributed by atoms with Gasteiger partial charge < -0.3 is 10.2 Å². The van der Waals surface area contributed by atoms with Crippen molar-refractivity contribution in [3.63, 3.8) is 0 Å². The van der Waals surface area contributed by atoms with E-state index in [1.807, 2.05) is 41.6 Å². The lowest BCUT2D eigenvalue weighted by atomic mass is 10.0. The van der Waals surface area contributed by atoms with Crippen LogP contribution in [-0.2, 0) is 11.2 Å². The highest BCUT2D eigenvalue weighted by Crippen LogP contribution is 2.23. The van der Waals surface area contributed by atoms with Crippen molar-refractivity contribution in [1.29, 1.82) is 0 Å². The van der Waals surface area contributed by atoms with Crippen LogP contribution in [0.4, 0.5) is 0 Å². The zero-order valence-electron chi connectivity index (χ0n) is 16.3. The molecular formula is C21H27N5O. The number of aryl methyl sites for hydroxylation is 2. The number of benzene rings is 1. The van der Waals surface area contributed by atoms with Gasteiger partial charge >= 0.3 is 0 Å². The van der Waals surface area contributed by atoms with Gasteiger partial charge in [-0.25, -0.2) is 9.50 Å². The van der Waals surface area contributed by atoms with Crippen LogP contribution in [0.15, 0.2) is 24.3 Å². The smallest absolute Gasteiger partial charge is 0.222 e. The number of nitrogens with one attached hydrogen (secondary N) is 1. The fraction of sp³-hybridized carbons (Fsp3) is 0.476. The van der Waals surface area contributed by atoms with Crippen molar-refractivity contribution in [2.45, 2.75) is 45.6 Å². The molecule has 6 heteroatoms. The third kappa shape index (κ3) is 3.30. The minimum Gasteiger partial charge on any atom is -0.343 e. The van der Waals surface area contributed by atoms with Crippen molar-refractivity contribution in [2.24, 2.45) is 0 Å². The average Bonchev–Trinajstić information content (AvgIpc) is 3.06. The molecule has 1 aliphatic heterocycles. The van der Waals surface area contributed by atoms with Crippen LogP contribution in [0.5, 0.6) is 0 Å². The van der Waals surface area contributed by atoms with Crippen LogP contribution < -0.4 is 5.32 Å². The van der Waals surface area contributed by atoms with Gasteiger partial charge in [0, 0.05) is 36.3 Å². The van der Waals surface area contributed by atoms with Gasteiger partial charge in [0.15, 0.2) is 5.65 Å². The molecule has 0 unspecified atom stereocenters. The maximum atomic E-state index is 12.7. The van der Waals surface area contributed by atoms with Crippen molar-refractivity contribution in [1.82, 2.24) is 24.8 Å². The van der Waals surface area contributed by atoms with Crippen molar-refractivity contribution < 1.29 is 4.79 Å². The molecule has 1 N–H and O–H groups in total. The third-order valence-corrected chi connectivity index (χ3v) is 5.86. The Morgan fingerprint density at radius 2 is 2.00 bits per heavy atom. The Morgan fingerprint density at radius 3 is 2.78 bits per heavy atom. The number of hydrogen-bond donors (Lipinski definition) is 1. The second-order valence-electron chi connectivity index (χ2n) is 7.50. The Balaban J connectivity index is 1.56. The van der Waals surface area contributed by atoms with Crippen LogP contribution in [0.1, 0.15) is 36.2 Å². The summed E-state index contributed by atoms with van der Waals surface area (Å²) in [5, 5.41) is 9.12. The molecule has 0 bridgehead atoms. The SMILES string of the molecule is Cc1nc2c3ccccc3nn2c(C)c1CCC(=O)N(C)C1CCNCC1. The first-order valence-corrected chi connectivity index (χ1v) is 9.76. The van der Waals surface area contributed by atoms with E-state index in [0.717, 1.165) is 59.4 Å². The van der Waals surface area contributed by atoms with Crippen LogP contribution in [0, 0.1) is 13.8 Å². The van der Waals surface area contributed by atoms with E-state index in [2.05, 4.69) is 18.3 Å². The van der Waals surface area contributed by atoms with E-state index in [-0.39, 0.29) is 5.91 Å². The number of piperidine rings is 1. The molecule has 0 radical (unpaired) electrons. The number of fused-ring (bicyclic) bond motifs is 3. The zero-order valence-corrected chi connectivity index (χ0v) is 16.3. The van der Waals surface area contributed by atoms with E-state index in [1.165, 1.54) is 0 Å². The van der Waals surface area contributed by atoms with Crippen LogP contribution in [0.2, 0.25) is 0 Å². The standard InChI is InChI=1S/C21H27N5O/c1-14-17(8-9-20(27)25(3)16-10-12-22-13-11-16)15(2)26-21(23-14)18-6-4-5-7-19(18)24-26/h4-7,16,22H,8-13H2,1-3H3. The van der Waals surface area contributed by atoms with Gasteiger partial charge in [-0.2, -0.15) is 5.10 Å². The van der Waals surface area contributed by atoms with Gasteiger partial charge in [0.05, 0.1) is 5.52 Å². The molecule has 0 atom stereocenters.